The third kappa shape index (κ3) is 1.31. The Balaban J connectivity index is 2.44. The van der Waals surface area contributed by atoms with Crippen LogP contribution in [0, 0.1) is 0 Å². The predicted molar refractivity (Wildman–Crippen MR) is 49.1 cm³/mol. The smallest absolute Gasteiger partial charge is 0.312 e. The number of carboxylic acid groups (broad SMARTS) is 1. The molecule has 0 spiro atoms. The molecule has 0 aromatic carbocycles. The zero-order valence-corrected chi connectivity index (χ0v) is 7.78. The van der Waals surface area contributed by atoms with E-state index in [1.54, 1.807) is 13.1 Å². The summed E-state index contributed by atoms with van der Waals surface area (Å²) in [5, 5.41) is 10.7. The van der Waals surface area contributed by atoms with Crippen LogP contribution in [0.2, 0.25) is 0 Å². The molecule has 0 unspecified atom stereocenters. The average molecular weight is 196 g/mol. The predicted octanol–water partition coefficient (Wildman–Crippen LogP) is 1.58. The second-order valence-corrected chi connectivity index (χ2v) is 3.69. The number of carboxylic acids is 1. The first kappa shape index (κ1) is 8.25. The van der Waals surface area contributed by atoms with Crippen molar-refractivity contribution in [2.75, 3.05) is 0 Å². The first-order valence-electron chi connectivity index (χ1n) is 3.83. The quantitative estimate of drug-likeness (QED) is 0.793. The first-order valence-corrected chi connectivity index (χ1v) is 4.71. The fourth-order valence-electron chi connectivity index (χ4n) is 1.08. The highest BCUT2D eigenvalue weighted by atomic mass is 32.1. The third-order valence-electron chi connectivity index (χ3n) is 1.93. The van der Waals surface area contributed by atoms with Crippen LogP contribution in [0.4, 0.5) is 0 Å². The summed E-state index contributed by atoms with van der Waals surface area (Å²) in [5.74, 6) is -1.38. The summed E-state index contributed by atoms with van der Waals surface area (Å²) in [5.41, 5.74) is 0.611. The molecule has 0 bridgehead atoms. The van der Waals surface area contributed by atoms with Crippen molar-refractivity contribution in [3.63, 3.8) is 0 Å². The first-order chi connectivity index (χ1) is 6.18. The van der Waals surface area contributed by atoms with Crippen molar-refractivity contribution in [3.8, 4) is 0 Å². The molecule has 0 aliphatic rings. The van der Waals surface area contributed by atoms with E-state index in [0.29, 0.717) is 5.69 Å². The zero-order valence-electron chi connectivity index (χ0n) is 6.97. The summed E-state index contributed by atoms with van der Waals surface area (Å²) in [6.07, 6.45) is 3.62. The Morgan fingerprint density at radius 2 is 2.54 bits per heavy atom. The van der Waals surface area contributed by atoms with Gasteiger partial charge in [0, 0.05) is 17.8 Å². The highest BCUT2D eigenvalue weighted by Crippen LogP contribution is 2.18. The number of fused-ring (bicyclic) bond motifs is 1. The molecule has 0 amide bonds. The van der Waals surface area contributed by atoms with Crippen molar-refractivity contribution in [1.29, 1.82) is 0 Å². The Labute approximate surface area is 78.5 Å². The van der Waals surface area contributed by atoms with Gasteiger partial charge in [-0.3, -0.25) is 9.20 Å². The minimum absolute atomic E-state index is 0.535. The van der Waals surface area contributed by atoms with Gasteiger partial charge in [0.25, 0.3) is 0 Å². The van der Waals surface area contributed by atoms with Gasteiger partial charge in [0.2, 0.25) is 0 Å². The van der Waals surface area contributed by atoms with E-state index in [2.05, 4.69) is 4.98 Å². The van der Waals surface area contributed by atoms with Gasteiger partial charge in [0.1, 0.15) is 0 Å². The van der Waals surface area contributed by atoms with Gasteiger partial charge in [0.15, 0.2) is 4.96 Å². The van der Waals surface area contributed by atoms with Gasteiger partial charge in [-0.05, 0) is 6.92 Å². The largest absolute Gasteiger partial charge is 0.481 e. The van der Waals surface area contributed by atoms with Gasteiger partial charge in [-0.25, -0.2) is 4.98 Å². The normalized spacial score (nSPS) is 13.3. The lowest BCUT2D eigenvalue weighted by Gasteiger charge is -1.98. The number of hydrogen-bond acceptors (Lipinski definition) is 3. The number of aromatic nitrogens is 2. The number of rotatable bonds is 2. The monoisotopic (exact) mass is 196 g/mol. The second kappa shape index (κ2) is 2.85. The van der Waals surface area contributed by atoms with E-state index >= 15 is 0 Å². The molecule has 0 aliphatic heterocycles. The van der Waals surface area contributed by atoms with Crippen LogP contribution in [0.25, 0.3) is 4.96 Å². The van der Waals surface area contributed by atoms with Crippen molar-refractivity contribution in [1.82, 2.24) is 9.38 Å². The zero-order chi connectivity index (χ0) is 9.42. The van der Waals surface area contributed by atoms with Crippen LogP contribution in [0.5, 0.6) is 0 Å². The number of hydrogen-bond donors (Lipinski definition) is 1. The Hall–Kier alpha value is -1.36. The van der Waals surface area contributed by atoms with Gasteiger partial charge < -0.3 is 5.11 Å². The number of imidazole rings is 1. The standard InChI is InChI=1S/C8H8N2O2S/c1-5(7(11)12)6-4-10-2-3-13-8(10)9-6/h2-5H,1H3,(H,11,12)/t5-/m1/s1. The Morgan fingerprint density at radius 1 is 1.77 bits per heavy atom. The lowest BCUT2D eigenvalue weighted by Crippen LogP contribution is -2.07. The summed E-state index contributed by atoms with van der Waals surface area (Å²) >= 11 is 1.50. The molecule has 2 rings (SSSR count). The highest BCUT2D eigenvalue weighted by Gasteiger charge is 2.17. The molecule has 2 aromatic rings. The van der Waals surface area contributed by atoms with Gasteiger partial charge in [0.05, 0.1) is 11.6 Å². The van der Waals surface area contributed by atoms with Crippen molar-refractivity contribution in [2.24, 2.45) is 0 Å². The van der Waals surface area contributed by atoms with Crippen LogP contribution < -0.4 is 0 Å². The summed E-state index contributed by atoms with van der Waals surface area (Å²) in [6, 6.07) is 0. The SMILES string of the molecule is C[C@@H](C(=O)O)c1cn2ccsc2n1. The van der Waals surface area contributed by atoms with Gasteiger partial charge in [-0.1, -0.05) is 0 Å². The van der Waals surface area contributed by atoms with E-state index in [1.807, 2.05) is 16.0 Å². The minimum Gasteiger partial charge on any atom is -0.481 e. The van der Waals surface area contributed by atoms with E-state index in [1.165, 1.54) is 11.3 Å². The summed E-state index contributed by atoms with van der Waals surface area (Å²) in [4.78, 5) is 15.7. The van der Waals surface area contributed by atoms with Gasteiger partial charge in [-0.2, -0.15) is 0 Å². The molecule has 0 saturated heterocycles. The highest BCUT2D eigenvalue weighted by molar-refractivity contribution is 7.15. The molecule has 0 fully saturated rings. The fraction of sp³-hybridized carbons (Fsp3) is 0.250. The van der Waals surface area contributed by atoms with Crippen LogP contribution >= 0.6 is 11.3 Å². The Kier molecular flexibility index (Phi) is 1.81. The number of nitrogens with zero attached hydrogens (tertiary/aromatic N) is 2. The third-order valence-corrected chi connectivity index (χ3v) is 2.70. The van der Waals surface area contributed by atoms with Crippen LogP contribution in [0.3, 0.4) is 0 Å². The minimum atomic E-state index is -0.842. The molecule has 0 saturated carbocycles. The van der Waals surface area contributed by atoms with Crippen molar-refractivity contribution in [2.45, 2.75) is 12.8 Å². The molecule has 0 aliphatic carbocycles. The van der Waals surface area contributed by atoms with Gasteiger partial charge >= 0.3 is 5.97 Å². The molecule has 13 heavy (non-hydrogen) atoms. The van der Waals surface area contributed by atoms with Crippen LogP contribution in [0.15, 0.2) is 17.8 Å². The lowest BCUT2D eigenvalue weighted by molar-refractivity contribution is -0.138. The van der Waals surface area contributed by atoms with E-state index < -0.39 is 11.9 Å². The number of thiazole rings is 1. The number of aliphatic carboxylic acids is 1. The fourth-order valence-corrected chi connectivity index (χ4v) is 1.79. The van der Waals surface area contributed by atoms with E-state index in [-0.39, 0.29) is 0 Å². The van der Waals surface area contributed by atoms with E-state index in [4.69, 9.17) is 5.11 Å². The molecule has 2 heterocycles. The van der Waals surface area contributed by atoms with Crippen molar-refractivity contribution < 1.29 is 9.90 Å². The second-order valence-electron chi connectivity index (χ2n) is 2.82. The molecule has 2 aromatic heterocycles. The van der Waals surface area contributed by atoms with Crippen LogP contribution in [0.1, 0.15) is 18.5 Å². The maximum atomic E-state index is 10.7. The molecule has 1 N–H and O–H groups in total. The molecular weight excluding hydrogens is 188 g/mol. The molecule has 1 atom stereocenters. The van der Waals surface area contributed by atoms with Crippen LogP contribution in [-0.2, 0) is 4.79 Å². The maximum absolute atomic E-state index is 10.7. The van der Waals surface area contributed by atoms with Crippen LogP contribution in [-0.4, -0.2) is 20.5 Å². The molecular formula is C8H8N2O2S. The average Bonchev–Trinajstić information content (AvgIpc) is 2.59. The molecule has 5 heteroatoms. The Morgan fingerprint density at radius 3 is 3.15 bits per heavy atom. The number of carbonyl (C=O) groups is 1. The Bertz CT molecular complexity index is 417. The molecule has 4 nitrogen and oxygen atoms in total. The van der Waals surface area contributed by atoms with Crippen molar-refractivity contribution >= 4 is 22.3 Å². The molecule has 0 radical (unpaired) electrons. The van der Waals surface area contributed by atoms with Crippen molar-refractivity contribution in [3.05, 3.63) is 23.5 Å². The maximum Gasteiger partial charge on any atom is 0.312 e. The summed E-state index contributed by atoms with van der Waals surface area (Å²) < 4.78 is 1.83. The topological polar surface area (TPSA) is 54.6 Å². The summed E-state index contributed by atoms with van der Waals surface area (Å²) in [7, 11) is 0. The summed E-state index contributed by atoms with van der Waals surface area (Å²) in [6.45, 7) is 1.63. The lowest BCUT2D eigenvalue weighted by atomic mass is 10.1. The molecule has 68 valence electrons. The van der Waals surface area contributed by atoms with Gasteiger partial charge in [-0.15, -0.1) is 11.3 Å². The van der Waals surface area contributed by atoms with E-state index in [0.717, 1.165) is 4.96 Å². The van der Waals surface area contributed by atoms with E-state index in [9.17, 15) is 4.79 Å².